The minimum Gasteiger partial charge on any atom is -0.299 e. The maximum absolute atomic E-state index is 12.5. The SMILES string of the molecule is Cc1cc(CC2CCC(CC3CCC(CC(=O)C4CCCC4)CC3)CC2)cc(C)c1C.[B]. The Labute approximate surface area is 200 Å². The first-order valence-corrected chi connectivity index (χ1v) is 13.6. The number of ketones is 1. The van der Waals surface area contributed by atoms with Gasteiger partial charge in [-0.2, -0.15) is 0 Å². The number of hydrogen-bond acceptors (Lipinski definition) is 1. The van der Waals surface area contributed by atoms with Gasteiger partial charge in [-0.15, -0.1) is 0 Å². The monoisotopic (exact) mass is 433 g/mol. The fourth-order valence-electron chi connectivity index (χ4n) is 7.09. The van der Waals surface area contributed by atoms with Crippen molar-refractivity contribution in [1.82, 2.24) is 0 Å². The fourth-order valence-corrected chi connectivity index (χ4v) is 7.09. The van der Waals surface area contributed by atoms with E-state index in [9.17, 15) is 4.79 Å². The average Bonchev–Trinajstić information content (AvgIpc) is 3.30. The van der Waals surface area contributed by atoms with Gasteiger partial charge in [-0.25, -0.2) is 0 Å². The van der Waals surface area contributed by atoms with Gasteiger partial charge in [0.15, 0.2) is 0 Å². The molecule has 175 valence electrons. The number of rotatable bonds is 7. The van der Waals surface area contributed by atoms with Crippen LogP contribution in [0.5, 0.6) is 0 Å². The third kappa shape index (κ3) is 6.74. The molecule has 0 amide bonds. The van der Waals surface area contributed by atoms with Crippen molar-refractivity contribution in [3.05, 3.63) is 34.4 Å². The highest BCUT2D eigenvalue weighted by atomic mass is 16.1. The fraction of sp³-hybridized carbons (Fsp3) is 0.767. The van der Waals surface area contributed by atoms with Gasteiger partial charge in [0.2, 0.25) is 0 Å². The lowest BCUT2D eigenvalue weighted by atomic mass is 9.71. The summed E-state index contributed by atoms with van der Waals surface area (Å²) in [5, 5.41) is 0. The maximum atomic E-state index is 12.5. The molecule has 32 heavy (non-hydrogen) atoms. The van der Waals surface area contributed by atoms with Crippen LogP contribution in [-0.4, -0.2) is 14.2 Å². The molecule has 4 rings (SSSR count). The van der Waals surface area contributed by atoms with Crippen molar-refractivity contribution in [2.75, 3.05) is 0 Å². The predicted octanol–water partition coefficient (Wildman–Crippen LogP) is 7.93. The zero-order chi connectivity index (χ0) is 21.8. The molecule has 3 aliphatic rings. The Kier molecular flexibility index (Phi) is 9.50. The second kappa shape index (κ2) is 11.9. The number of carbonyl (C=O) groups is 1. The molecular formula is C30H46BO. The molecule has 3 fully saturated rings. The Morgan fingerprint density at radius 1 is 0.719 bits per heavy atom. The van der Waals surface area contributed by atoms with E-state index in [1.165, 1.54) is 107 Å². The van der Waals surface area contributed by atoms with Crippen molar-refractivity contribution in [2.24, 2.45) is 29.6 Å². The Hall–Kier alpha value is -1.05. The second-order valence-electron chi connectivity index (χ2n) is 11.7. The molecule has 0 bridgehead atoms. The van der Waals surface area contributed by atoms with E-state index in [0.29, 0.717) is 17.6 Å². The Bertz CT molecular complexity index is 708. The van der Waals surface area contributed by atoms with Crippen LogP contribution in [-0.2, 0) is 11.2 Å². The van der Waals surface area contributed by atoms with E-state index >= 15 is 0 Å². The molecule has 0 unspecified atom stereocenters. The molecule has 1 aromatic rings. The quantitative estimate of drug-likeness (QED) is 0.399. The summed E-state index contributed by atoms with van der Waals surface area (Å²) in [6.07, 6.45) is 19.8. The Balaban J connectivity index is 0.00000289. The van der Waals surface area contributed by atoms with Gasteiger partial charge in [-0.3, -0.25) is 4.79 Å². The predicted molar refractivity (Wildman–Crippen MR) is 137 cm³/mol. The summed E-state index contributed by atoms with van der Waals surface area (Å²) in [7, 11) is 0. The number of carbonyl (C=O) groups excluding carboxylic acids is 1. The van der Waals surface area contributed by atoms with Crippen LogP contribution in [0.2, 0.25) is 0 Å². The first kappa shape index (κ1) is 25.6. The molecule has 0 aromatic heterocycles. The highest BCUT2D eigenvalue weighted by molar-refractivity contribution is 5.81. The van der Waals surface area contributed by atoms with Crippen LogP contribution in [0.4, 0.5) is 0 Å². The van der Waals surface area contributed by atoms with Gasteiger partial charge in [0.1, 0.15) is 5.78 Å². The van der Waals surface area contributed by atoms with Crippen molar-refractivity contribution in [1.29, 1.82) is 0 Å². The van der Waals surface area contributed by atoms with Crippen LogP contribution >= 0.6 is 0 Å². The van der Waals surface area contributed by atoms with Gasteiger partial charge in [0.25, 0.3) is 0 Å². The van der Waals surface area contributed by atoms with Crippen LogP contribution in [0, 0.1) is 50.4 Å². The van der Waals surface area contributed by atoms with Crippen LogP contribution in [0.3, 0.4) is 0 Å². The number of aryl methyl sites for hydroxylation is 2. The summed E-state index contributed by atoms with van der Waals surface area (Å²) in [4.78, 5) is 12.5. The molecule has 0 atom stereocenters. The van der Waals surface area contributed by atoms with Gasteiger partial charge in [0.05, 0.1) is 0 Å². The molecule has 1 aromatic carbocycles. The lowest BCUT2D eigenvalue weighted by Crippen LogP contribution is -2.23. The number of benzene rings is 1. The van der Waals surface area contributed by atoms with Gasteiger partial charge >= 0.3 is 0 Å². The zero-order valence-corrected chi connectivity index (χ0v) is 21.1. The molecule has 0 N–H and O–H groups in total. The first-order valence-electron chi connectivity index (χ1n) is 13.6. The topological polar surface area (TPSA) is 17.1 Å². The van der Waals surface area contributed by atoms with Crippen molar-refractivity contribution in [3.8, 4) is 0 Å². The van der Waals surface area contributed by atoms with Gasteiger partial charge in [-0.05, 0) is 118 Å². The average molecular weight is 434 g/mol. The molecule has 0 saturated heterocycles. The largest absolute Gasteiger partial charge is 0.299 e. The van der Waals surface area contributed by atoms with Crippen molar-refractivity contribution >= 4 is 14.2 Å². The summed E-state index contributed by atoms with van der Waals surface area (Å²) in [5.41, 5.74) is 5.95. The van der Waals surface area contributed by atoms with Gasteiger partial charge in [0, 0.05) is 20.8 Å². The third-order valence-corrected chi connectivity index (χ3v) is 9.41. The van der Waals surface area contributed by atoms with E-state index < -0.39 is 0 Å². The van der Waals surface area contributed by atoms with E-state index in [-0.39, 0.29) is 8.41 Å². The summed E-state index contributed by atoms with van der Waals surface area (Å²) < 4.78 is 0. The maximum Gasteiger partial charge on any atom is 0.136 e. The van der Waals surface area contributed by atoms with E-state index in [4.69, 9.17) is 0 Å². The summed E-state index contributed by atoms with van der Waals surface area (Å²) in [6, 6.07) is 4.87. The van der Waals surface area contributed by atoms with E-state index in [1.54, 1.807) is 5.56 Å². The summed E-state index contributed by atoms with van der Waals surface area (Å²) in [5.74, 6) is 4.57. The van der Waals surface area contributed by atoms with Crippen LogP contribution < -0.4 is 0 Å². The molecule has 1 nitrogen and oxygen atoms in total. The summed E-state index contributed by atoms with van der Waals surface area (Å²) in [6.45, 7) is 6.78. The zero-order valence-electron chi connectivity index (χ0n) is 21.1. The molecule has 0 heterocycles. The summed E-state index contributed by atoms with van der Waals surface area (Å²) >= 11 is 0. The molecule has 3 saturated carbocycles. The molecule has 0 spiro atoms. The smallest absolute Gasteiger partial charge is 0.136 e. The standard InChI is InChI=1S/C30H46O.B/c1-21-16-28(17-22(2)23(21)3)19-26-10-8-24(9-11-26)18-25-12-14-27(15-13-25)20-30(31)29-6-4-5-7-29;/h16-17,24-27,29H,4-15,18-20H2,1-3H3;. The second-order valence-corrected chi connectivity index (χ2v) is 11.7. The Morgan fingerprint density at radius 3 is 1.72 bits per heavy atom. The van der Waals surface area contributed by atoms with Gasteiger partial charge in [-0.1, -0.05) is 50.7 Å². The van der Waals surface area contributed by atoms with E-state index in [1.807, 2.05) is 0 Å². The number of hydrogen-bond donors (Lipinski definition) is 0. The molecule has 0 aliphatic heterocycles. The minimum absolute atomic E-state index is 0. The normalized spacial score (nSPS) is 29.0. The van der Waals surface area contributed by atoms with Crippen LogP contribution in [0.1, 0.15) is 112 Å². The van der Waals surface area contributed by atoms with E-state index in [0.717, 1.165) is 24.2 Å². The Morgan fingerprint density at radius 2 is 1.19 bits per heavy atom. The van der Waals surface area contributed by atoms with Gasteiger partial charge < -0.3 is 0 Å². The highest BCUT2D eigenvalue weighted by Crippen LogP contribution is 2.40. The molecular weight excluding hydrogens is 387 g/mol. The lowest BCUT2D eigenvalue weighted by molar-refractivity contribution is -0.123. The lowest BCUT2D eigenvalue weighted by Gasteiger charge is -2.34. The molecule has 2 heteroatoms. The first-order chi connectivity index (χ1) is 15.0. The van der Waals surface area contributed by atoms with Crippen molar-refractivity contribution in [2.45, 2.75) is 117 Å². The molecule has 3 radical (unpaired) electrons. The third-order valence-electron chi connectivity index (χ3n) is 9.41. The minimum atomic E-state index is 0. The van der Waals surface area contributed by atoms with Crippen molar-refractivity contribution in [3.63, 3.8) is 0 Å². The van der Waals surface area contributed by atoms with Crippen molar-refractivity contribution < 1.29 is 4.79 Å². The van der Waals surface area contributed by atoms with Crippen LogP contribution in [0.15, 0.2) is 12.1 Å². The van der Waals surface area contributed by atoms with E-state index in [2.05, 4.69) is 32.9 Å². The molecule has 3 aliphatic carbocycles. The van der Waals surface area contributed by atoms with Crippen LogP contribution in [0.25, 0.3) is 0 Å². The number of Topliss-reactive ketones (excluding diaryl/α,β-unsaturated/α-hetero) is 1. The highest BCUT2D eigenvalue weighted by Gasteiger charge is 2.30.